The average molecular weight is 224 g/mol. The standard InChI is InChI=1S/C11H10ClNO2/c1-2-11(14)7-10(13-15-11)8-5-3-4-6-9(8)12/h2-6,14H,1,7H2/t11-/m1/s1. The summed E-state index contributed by atoms with van der Waals surface area (Å²) >= 11 is 6.00. The number of hydrogen-bond acceptors (Lipinski definition) is 3. The lowest BCUT2D eigenvalue weighted by Crippen LogP contribution is -2.25. The molecule has 0 unspecified atom stereocenters. The summed E-state index contributed by atoms with van der Waals surface area (Å²) in [7, 11) is 0. The highest BCUT2D eigenvalue weighted by Gasteiger charge is 2.34. The molecule has 1 aromatic rings. The van der Waals surface area contributed by atoms with Gasteiger partial charge in [-0.05, 0) is 12.1 Å². The molecule has 0 spiro atoms. The van der Waals surface area contributed by atoms with Crippen molar-refractivity contribution in [1.29, 1.82) is 0 Å². The van der Waals surface area contributed by atoms with Crippen molar-refractivity contribution in [2.75, 3.05) is 0 Å². The van der Waals surface area contributed by atoms with Gasteiger partial charge < -0.3 is 9.94 Å². The van der Waals surface area contributed by atoms with Gasteiger partial charge in [-0.2, -0.15) is 0 Å². The Hall–Kier alpha value is -1.32. The molecular formula is C11H10ClNO2. The van der Waals surface area contributed by atoms with Crippen LogP contribution in [0, 0.1) is 0 Å². The fraction of sp³-hybridized carbons (Fsp3) is 0.182. The second-order valence-corrected chi connectivity index (χ2v) is 3.74. The van der Waals surface area contributed by atoms with Gasteiger partial charge in [0.15, 0.2) is 0 Å². The average Bonchev–Trinajstić information content (AvgIpc) is 2.63. The quantitative estimate of drug-likeness (QED) is 0.782. The summed E-state index contributed by atoms with van der Waals surface area (Å²) in [6.45, 7) is 3.48. The highest BCUT2D eigenvalue weighted by molar-refractivity contribution is 6.34. The molecule has 2 rings (SSSR count). The summed E-state index contributed by atoms with van der Waals surface area (Å²) in [5, 5.41) is 14.1. The summed E-state index contributed by atoms with van der Waals surface area (Å²) in [6.07, 6.45) is 1.58. The van der Waals surface area contributed by atoms with Gasteiger partial charge in [0.25, 0.3) is 5.79 Å². The van der Waals surface area contributed by atoms with Gasteiger partial charge in [0.05, 0.1) is 12.1 Å². The van der Waals surface area contributed by atoms with Gasteiger partial charge in [-0.25, -0.2) is 0 Å². The molecule has 78 valence electrons. The molecule has 1 aliphatic rings. The van der Waals surface area contributed by atoms with Crippen molar-refractivity contribution < 1.29 is 9.94 Å². The van der Waals surface area contributed by atoms with Crippen LogP contribution in [0.1, 0.15) is 12.0 Å². The molecule has 0 aliphatic carbocycles. The zero-order chi connectivity index (χ0) is 10.9. The molecule has 1 aliphatic heterocycles. The maximum absolute atomic E-state index is 9.72. The SMILES string of the molecule is C=C[C@]1(O)CC(c2ccccc2Cl)=NO1. The van der Waals surface area contributed by atoms with Gasteiger partial charge >= 0.3 is 0 Å². The Balaban J connectivity index is 2.29. The summed E-state index contributed by atoms with van der Waals surface area (Å²) in [4.78, 5) is 4.88. The zero-order valence-electron chi connectivity index (χ0n) is 7.98. The van der Waals surface area contributed by atoms with E-state index in [4.69, 9.17) is 16.4 Å². The summed E-state index contributed by atoms with van der Waals surface area (Å²) in [5.74, 6) is -1.39. The Morgan fingerprint density at radius 3 is 2.87 bits per heavy atom. The van der Waals surface area contributed by atoms with Crippen LogP contribution in [0.5, 0.6) is 0 Å². The van der Waals surface area contributed by atoms with Gasteiger partial charge in [0.2, 0.25) is 0 Å². The van der Waals surface area contributed by atoms with Crippen molar-refractivity contribution in [2.24, 2.45) is 5.16 Å². The fourth-order valence-electron chi connectivity index (χ4n) is 1.39. The molecule has 0 radical (unpaired) electrons. The molecule has 0 fully saturated rings. The van der Waals surface area contributed by atoms with Crippen LogP contribution in [-0.4, -0.2) is 16.6 Å². The number of aliphatic hydroxyl groups is 1. The first-order valence-electron chi connectivity index (χ1n) is 4.50. The third kappa shape index (κ3) is 1.89. The number of benzene rings is 1. The van der Waals surface area contributed by atoms with Crippen molar-refractivity contribution in [3.8, 4) is 0 Å². The van der Waals surface area contributed by atoms with Crippen LogP contribution in [0.4, 0.5) is 0 Å². The lowest BCUT2D eigenvalue weighted by atomic mass is 10.0. The van der Waals surface area contributed by atoms with Crippen molar-refractivity contribution in [3.05, 3.63) is 47.5 Å². The minimum absolute atomic E-state index is 0.264. The van der Waals surface area contributed by atoms with Gasteiger partial charge in [-0.1, -0.05) is 41.5 Å². The number of nitrogens with zero attached hydrogens (tertiary/aromatic N) is 1. The number of rotatable bonds is 2. The monoisotopic (exact) mass is 223 g/mol. The lowest BCUT2D eigenvalue weighted by Gasteiger charge is -2.13. The zero-order valence-corrected chi connectivity index (χ0v) is 8.74. The molecule has 4 heteroatoms. The minimum atomic E-state index is -1.39. The lowest BCUT2D eigenvalue weighted by molar-refractivity contribution is -0.146. The third-order valence-corrected chi connectivity index (χ3v) is 2.57. The topological polar surface area (TPSA) is 41.8 Å². The van der Waals surface area contributed by atoms with E-state index in [0.717, 1.165) is 5.56 Å². The Morgan fingerprint density at radius 1 is 1.53 bits per heavy atom. The maximum Gasteiger partial charge on any atom is 0.259 e. The van der Waals surface area contributed by atoms with Crippen LogP contribution in [-0.2, 0) is 4.84 Å². The van der Waals surface area contributed by atoms with Crippen molar-refractivity contribution in [3.63, 3.8) is 0 Å². The molecule has 1 heterocycles. The molecule has 15 heavy (non-hydrogen) atoms. The van der Waals surface area contributed by atoms with Gasteiger partial charge in [0, 0.05) is 10.6 Å². The molecule has 0 bridgehead atoms. The summed E-state index contributed by atoms with van der Waals surface area (Å²) in [6, 6.07) is 7.29. The summed E-state index contributed by atoms with van der Waals surface area (Å²) < 4.78 is 0. The molecule has 0 saturated heterocycles. The molecule has 0 aromatic heterocycles. The van der Waals surface area contributed by atoms with E-state index in [9.17, 15) is 5.11 Å². The predicted octanol–water partition coefficient (Wildman–Crippen LogP) is 2.34. The van der Waals surface area contributed by atoms with Crippen LogP contribution in [0.15, 0.2) is 42.1 Å². The Bertz CT molecular complexity index is 430. The van der Waals surface area contributed by atoms with Crippen molar-refractivity contribution >= 4 is 17.3 Å². The maximum atomic E-state index is 9.72. The van der Waals surface area contributed by atoms with Crippen LogP contribution < -0.4 is 0 Å². The molecule has 0 saturated carbocycles. The second-order valence-electron chi connectivity index (χ2n) is 3.33. The van der Waals surface area contributed by atoms with E-state index in [1.165, 1.54) is 6.08 Å². The van der Waals surface area contributed by atoms with Crippen molar-refractivity contribution in [1.82, 2.24) is 0 Å². The molecule has 0 amide bonds. The van der Waals surface area contributed by atoms with E-state index >= 15 is 0 Å². The first-order valence-corrected chi connectivity index (χ1v) is 4.88. The smallest absolute Gasteiger partial charge is 0.259 e. The van der Waals surface area contributed by atoms with E-state index in [-0.39, 0.29) is 6.42 Å². The molecule has 1 aromatic carbocycles. The highest BCUT2D eigenvalue weighted by atomic mass is 35.5. The normalized spacial score (nSPS) is 24.5. The van der Waals surface area contributed by atoms with E-state index in [2.05, 4.69) is 11.7 Å². The number of hydrogen-bond donors (Lipinski definition) is 1. The number of halogens is 1. The minimum Gasteiger partial charge on any atom is -0.355 e. The Kier molecular flexibility index (Phi) is 2.50. The molecule has 1 atom stereocenters. The van der Waals surface area contributed by atoms with E-state index in [1.54, 1.807) is 6.07 Å². The van der Waals surface area contributed by atoms with Crippen LogP contribution >= 0.6 is 11.6 Å². The van der Waals surface area contributed by atoms with Gasteiger partial charge in [0.1, 0.15) is 0 Å². The number of oxime groups is 1. The van der Waals surface area contributed by atoms with Crippen LogP contribution in [0.2, 0.25) is 5.02 Å². The Labute approximate surface area is 92.6 Å². The second kappa shape index (κ2) is 3.68. The molecular weight excluding hydrogens is 214 g/mol. The Morgan fingerprint density at radius 2 is 2.27 bits per heavy atom. The van der Waals surface area contributed by atoms with E-state index in [1.807, 2.05) is 18.2 Å². The van der Waals surface area contributed by atoms with Crippen LogP contribution in [0.3, 0.4) is 0 Å². The van der Waals surface area contributed by atoms with E-state index in [0.29, 0.717) is 10.7 Å². The third-order valence-electron chi connectivity index (χ3n) is 2.24. The molecule has 3 nitrogen and oxygen atoms in total. The first-order chi connectivity index (χ1) is 7.14. The fourth-order valence-corrected chi connectivity index (χ4v) is 1.63. The van der Waals surface area contributed by atoms with E-state index < -0.39 is 5.79 Å². The highest BCUT2D eigenvalue weighted by Crippen LogP contribution is 2.28. The predicted molar refractivity (Wildman–Crippen MR) is 58.8 cm³/mol. The summed E-state index contributed by atoms with van der Waals surface area (Å²) in [5.41, 5.74) is 1.40. The first kappa shape index (κ1) is 10.2. The van der Waals surface area contributed by atoms with Gasteiger partial charge in [-0.3, -0.25) is 0 Å². The van der Waals surface area contributed by atoms with Gasteiger partial charge in [-0.15, -0.1) is 0 Å². The molecule has 1 N–H and O–H groups in total. The largest absolute Gasteiger partial charge is 0.355 e. The van der Waals surface area contributed by atoms with Crippen molar-refractivity contribution in [2.45, 2.75) is 12.2 Å². The van der Waals surface area contributed by atoms with Crippen LogP contribution in [0.25, 0.3) is 0 Å².